The Bertz CT molecular complexity index is 269. The van der Waals surface area contributed by atoms with Gasteiger partial charge in [0.2, 0.25) is 0 Å². The fourth-order valence-corrected chi connectivity index (χ4v) is 1.59. The summed E-state index contributed by atoms with van der Waals surface area (Å²) in [5.41, 5.74) is 2.40. The van der Waals surface area contributed by atoms with E-state index in [0.717, 1.165) is 4.47 Å². The second-order valence-corrected chi connectivity index (χ2v) is 4.00. The summed E-state index contributed by atoms with van der Waals surface area (Å²) in [6.07, 6.45) is 0.436. The first-order valence-electron chi connectivity index (χ1n) is 4.02. The van der Waals surface area contributed by atoms with Crippen molar-refractivity contribution in [3.05, 3.63) is 33.8 Å². The lowest BCUT2D eigenvalue weighted by Crippen LogP contribution is -2.04. The van der Waals surface area contributed by atoms with E-state index in [2.05, 4.69) is 35.0 Å². The molecule has 1 rings (SSSR count). The molecule has 0 spiro atoms. The molecule has 1 nitrogen and oxygen atoms in total. The van der Waals surface area contributed by atoms with Gasteiger partial charge in [-0.2, -0.15) is 0 Å². The van der Waals surface area contributed by atoms with E-state index in [1.54, 1.807) is 6.92 Å². The monoisotopic (exact) mass is 228 g/mol. The smallest absolute Gasteiger partial charge is 0.0552 e. The number of aryl methyl sites for hydroxylation is 1. The first kappa shape index (κ1) is 9.75. The van der Waals surface area contributed by atoms with Crippen LogP contribution in [0.1, 0.15) is 18.1 Å². The van der Waals surface area contributed by atoms with Gasteiger partial charge >= 0.3 is 0 Å². The highest BCUT2D eigenvalue weighted by Crippen LogP contribution is 2.19. The van der Waals surface area contributed by atoms with E-state index in [1.165, 1.54) is 11.1 Å². The van der Waals surface area contributed by atoms with Crippen molar-refractivity contribution in [3.63, 3.8) is 0 Å². The van der Waals surface area contributed by atoms with Gasteiger partial charge in [-0.1, -0.05) is 33.6 Å². The standard InChI is InChI=1S/C10H13BrO/c1-7-3-4-10(11)9(5-7)6-8(2)12/h3-5,8,12H,6H2,1-2H3. The molecule has 1 aromatic rings. The summed E-state index contributed by atoms with van der Waals surface area (Å²) in [6, 6.07) is 6.17. The molecule has 1 atom stereocenters. The van der Waals surface area contributed by atoms with Crippen LogP contribution >= 0.6 is 15.9 Å². The lowest BCUT2D eigenvalue weighted by molar-refractivity contribution is 0.195. The Morgan fingerprint density at radius 2 is 2.17 bits per heavy atom. The number of rotatable bonds is 2. The van der Waals surface area contributed by atoms with Gasteiger partial charge in [-0.05, 0) is 31.9 Å². The Morgan fingerprint density at radius 1 is 1.50 bits per heavy atom. The summed E-state index contributed by atoms with van der Waals surface area (Å²) >= 11 is 3.45. The molecule has 1 aromatic carbocycles. The van der Waals surface area contributed by atoms with Crippen LogP contribution in [0.5, 0.6) is 0 Å². The van der Waals surface area contributed by atoms with Crippen LogP contribution in [0.25, 0.3) is 0 Å². The van der Waals surface area contributed by atoms with Crippen molar-refractivity contribution < 1.29 is 5.11 Å². The third-order valence-corrected chi connectivity index (χ3v) is 2.49. The number of hydrogen-bond donors (Lipinski definition) is 1. The summed E-state index contributed by atoms with van der Waals surface area (Å²) in [5.74, 6) is 0. The molecule has 0 fully saturated rings. The average Bonchev–Trinajstić information content (AvgIpc) is 1.96. The van der Waals surface area contributed by atoms with Gasteiger partial charge in [0.1, 0.15) is 0 Å². The Hall–Kier alpha value is -0.340. The lowest BCUT2D eigenvalue weighted by Gasteiger charge is -2.07. The Balaban J connectivity index is 2.90. The van der Waals surface area contributed by atoms with Crippen molar-refractivity contribution in [3.8, 4) is 0 Å². The van der Waals surface area contributed by atoms with Crippen LogP contribution in [0.4, 0.5) is 0 Å². The normalized spacial score (nSPS) is 13.0. The van der Waals surface area contributed by atoms with Gasteiger partial charge in [0, 0.05) is 4.47 Å². The van der Waals surface area contributed by atoms with Gasteiger partial charge in [-0.25, -0.2) is 0 Å². The predicted octanol–water partition coefficient (Wildman–Crippen LogP) is 2.68. The van der Waals surface area contributed by atoms with Crippen molar-refractivity contribution in [1.82, 2.24) is 0 Å². The Morgan fingerprint density at radius 3 is 2.75 bits per heavy atom. The number of halogens is 1. The van der Waals surface area contributed by atoms with Crippen LogP contribution in [-0.4, -0.2) is 11.2 Å². The maximum atomic E-state index is 9.20. The predicted molar refractivity (Wildman–Crippen MR) is 54.3 cm³/mol. The molecule has 0 amide bonds. The van der Waals surface area contributed by atoms with Gasteiger partial charge in [0.05, 0.1) is 6.10 Å². The topological polar surface area (TPSA) is 20.2 Å². The maximum Gasteiger partial charge on any atom is 0.0552 e. The number of benzene rings is 1. The zero-order valence-electron chi connectivity index (χ0n) is 7.34. The molecule has 0 radical (unpaired) electrons. The minimum Gasteiger partial charge on any atom is -0.393 e. The summed E-state index contributed by atoms with van der Waals surface area (Å²) in [6.45, 7) is 3.85. The molecule has 0 aromatic heterocycles. The molecule has 1 unspecified atom stereocenters. The van der Waals surface area contributed by atoms with Crippen LogP contribution in [-0.2, 0) is 6.42 Å². The lowest BCUT2D eigenvalue weighted by atomic mass is 10.1. The highest BCUT2D eigenvalue weighted by molar-refractivity contribution is 9.10. The van der Waals surface area contributed by atoms with Gasteiger partial charge < -0.3 is 5.11 Å². The van der Waals surface area contributed by atoms with Crippen molar-refractivity contribution >= 4 is 15.9 Å². The quantitative estimate of drug-likeness (QED) is 0.826. The van der Waals surface area contributed by atoms with Crippen LogP contribution < -0.4 is 0 Å². The molecule has 66 valence electrons. The molecule has 0 aliphatic rings. The molecule has 1 N–H and O–H groups in total. The third-order valence-electron chi connectivity index (χ3n) is 1.72. The van der Waals surface area contributed by atoms with E-state index < -0.39 is 0 Å². The summed E-state index contributed by atoms with van der Waals surface area (Å²) in [5, 5.41) is 9.20. The van der Waals surface area contributed by atoms with Crippen LogP contribution in [0, 0.1) is 6.92 Å². The van der Waals surface area contributed by atoms with Crippen molar-refractivity contribution in [2.24, 2.45) is 0 Å². The third kappa shape index (κ3) is 2.61. The molecule has 0 saturated heterocycles. The second-order valence-electron chi connectivity index (χ2n) is 3.15. The SMILES string of the molecule is Cc1ccc(Br)c(CC(C)O)c1. The van der Waals surface area contributed by atoms with E-state index in [1.807, 2.05) is 6.07 Å². The minimum absolute atomic E-state index is 0.275. The average molecular weight is 229 g/mol. The van der Waals surface area contributed by atoms with E-state index in [-0.39, 0.29) is 6.10 Å². The molecular weight excluding hydrogens is 216 g/mol. The maximum absolute atomic E-state index is 9.20. The van der Waals surface area contributed by atoms with E-state index in [9.17, 15) is 5.11 Å². The van der Waals surface area contributed by atoms with Crippen LogP contribution in [0.15, 0.2) is 22.7 Å². The highest BCUT2D eigenvalue weighted by atomic mass is 79.9. The molecule has 0 aliphatic heterocycles. The zero-order chi connectivity index (χ0) is 9.14. The van der Waals surface area contributed by atoms with Crippen LogP contribution in [0.3, 0.4) is 0 Å². The van der Waals surface area contributed by atoms with E-state index in [4.69, 9.17) is 0 Å². The fraction of sp³-hybridized carbons (Fsp3) is 0.400. The molecule has 0 heterocycles. The van der Waals surface area contributed by atoms with E-state index >= 15 is 0 Å². The molecule has 0 bridgehead atoms. The number of aliphatic hydroxyl groups is 1. The first-order chi connectivity index (χ1) is 5.59. The summed E-state index contributed by atoms with van der Waals surface area (Å²) in [4.78, 5) is 0. The summed E-state index contributed by atoms with van der Waals surface area (Å²) < 4.78 is 1.08. The van der Waals surface area contributed by atoms with Gasteiger partial charge in [-0.15, -0.1) is 0 Å². The van der Waals surface area contributed by atoms with Gasteiger partial charge in [0.25, 0.3) is 0 Å². The van der Waals surface area contributed by atoms with Crippen molar-refractivity contribution in [2.75, 3.05) is 0 Å². The highest BCUT2D eigenvalue weighted by Gasteiger charge is 2.03. The van der Waals surface area contributed by atoms with Gasteiger partial charge in [0.15, 0.2) is 0 Å². The molecular formula is C10H13BrO. The molecule has 0 saturated carbocycles. The van der Waals surface area contributed by atoms with Crippen molar-refractivity contribution in [2.45, 2.75) is 26.4 Å². The molecule has 0 aliphatic carbocycles. The molecule has 2 heteroatoms. The van der Waals surface area contributed by atoms with Crippen molar-refractivity contribution in [1.29, 1.82) is 0 Å². The largest absolute Gasteiger partial charge is 0.393 e. The Labute approximate surface area is 81.6 Å². The number of aliphatic hydroxyl groups excluding tert-OH is 1. The van der Waals surface area contributed by atoms with Crippen LogP contribution in [0.2, 0.25) is 0 Å². The molecule has 12 heavy (non-hydrogen) atoms. The van der Waals surface area contributed by atoms with E-state index in [0.29, 0.717) is 6.42 Å². The fourth-order valence-electron chi connectivity index (χ4n) is 1.18. The summed E-state index contributed by atoms with van der Waals surface area (Å²) in [7, 11) is 0. The van der Waals surface area contributed by atoms with Gasteiger partial charge in [-0.3, -0.25) is 0 Å². The number of hydrogen-bond acceptors (Lipinski definition) is 1. The Kier molecular flexibility index (Phi) is 3.29. The second kappa shape index (κ2) is 4.06. The first-order valence-corrected chi connectivity index (χ1v) is 4.82. The zero-order valence-corrected chi connectivity index (χ0v) is 8.93. The minimum atomic E-state index is -0.275.